The molecule has 0 atom stereocenters. The summed E-state index contributed by atoms with van der Waals surface area (Å²) in [5, 5.41) is 22.7. The molecule has 3 aromatic rings. The summed E-state index contributed by atoms with van der Waals surface area (Å²) in [5.41, 5.74) is -1.16. The zero-order chi connectivity index (χ0) is 24.9. The van der Waals surface area contributed by atoms with Gasteiger partial charge in [-0.2, -0.15) is 13.2 Å². The second-order valence-corrected chi connectivity index (χ2v) is 8.07. The van der Waals surface area contributed by atoms with E-state index in [1.54, 1.807) is 28.8 Å². The van der Waals surface area contributed by atoms with Gasteiger partial charge in [0, 0.05) is 31.6 Å². The Hall–Kier alpha value is -3.61. The molecular weight excluding hydrogens is 475 g/mol. The van der Waals surface area contributed by atoms with Gasteiger partial charge in [-0.05, 0) is 54.6 Å². The molecule has 1 amide bonds. The van der Waals surface area contributed by atoms with Gasteiger partial charge in [0.15, 0.2) is 0 Å². The van der Waals surface area contributed by atoms with Crippen molar-refractivity contribution in [3.05, 3.63) is 64.0 Å². The molecule has 0 aliphatic heterocycles. The van der Waals surface area contributed by atoms with Crippen molar-refractivity contribution in [1.82, 2.24) is 20.1 Å². The molecule has 1 N–H and O–H groups in total. The van der Waals surface area contributed by atoms with Crippen LogP contribution in [-0.2, 0) is 17.4 Å². The van der Waals surface area contributed by atoms with E-state index in [2.05, 4.69) is 15.5 Å². The average Bonchev–Trinajstić information content (AvgIpc) is 3.18. The molecule has 0 unspecified atom stereocenters. The molecule has 1 aromatic heterocycles. The highest BCUT2D eigenvalue weighted by Crippen LogP contribution is 2.39. The Balaban J connectivity index is 1.99. The lowest BCUT2D eigenvalue weighted by molar-refractivity contribution is -0.388. The summed E-state index contributed by atoms with van der Waals surface area (Å²) >= 11 is 0.838. The summed E-state index contributed by atoms with van der Waals surface area (Å²) in [6.07, 6.45) is -3.73. The Kier molecular flexibility index (Phi) is 7.76. The zero-order valence-corrected chi connectivity index (χ0v) is 18.9. The Labute approximate surface area is 196 Å². The molecule has 1 heterocycles. The first-order chi connectivity index (χ1) is 16.1. The topological polar surface area (TPSA) is 112 Å². The predicted molar refractivity (Wildman–Crippen MR) is 117 cm³/mol. The Bertz CT molecular complexity index is 1180. The lowest BCUT2D eigenvalue weighted by Gasteiger charge is -2.12. The molecule has 0 aliphatic carbocycles. The smallest absolute Gasteiger partial charge is 0.416 e. The fraction of sp³-hybridized carbons (Fsp3) is 0.286. The zero-order valence-electron chi connectivity index (χ0n) is 18.1. The molecule has 9 nitrogen and oxygen atoms in total. The maximum absolute atomic E-state index is 13.0. The van der Waals surface area contributed by atoms with Crippen molar-refractivity contribution in [2.45, 2.75) is 36.0 Å². The number of benzene rings is 2. The quantitative estimate of drug-likeness (QED) is 0.266. The number of amides is 1. The number of alkyl halides is 3. The molecule has 34 heavy (non-hydrogen) atoms. The maximum Gasteiger partial charge on any atom is 0.416 e. The largest absolute Gasteiger partial charge is 0.497 e. The van der Waals surface area contributed by atoms with Gasteiger partial charge in [-0.1, -0.05) is 0 Å². The standard InChI is InChI=1S/C21H20F3N5O4S/c1-13(30)25-11-3-4-19-26-27-20(28(19)15-6-8-16(33-2)9-7-15)34-18-10-5-14(21(22,23)24)12-17(18)29(31)32/h5-10,12H,3-4,11H2,1-2H3,(H,25,30). The number of hydrogen-bond acceptors (Lipinski definition) is 7. The molecule has 2 aromatic carbocycles. The molecule has 180 valence electrons. The number of aromatic nitrogens is 3. The van der Waals surface area contributed by atoms with Crippen LogP contribution in [0.2, 0.25) is 0 Å². The summed E-state index contributed by atoms with van der Waals surface area (Å²) in [5.74, 6) is 0.965. The molecule has 0 bridgehead atoms. The van der Waals surface area contributed by atoms with E-state index in [4.69, 9.17) is 4.74 Å². The predicted octanol–water partition coefficient (Wildman–Crippen LogP) is 4.42. The van der Waals surface area contributed by atoms with Crippen LogP contribution in [0.5, 0.6) is 5.75 Å². The minimum atomic E-state index is -4.71. The van der Waals surface area contributed by atoms with Crippen molar-refractivity contribution >= 4 is 23.4 Å². The number of ether oxygens (including phenoxy) is 1. The van der Waals surface area contributed by atoms with E-state index in [1.807, 2.05) is 0 Å². The molecule has 0 radical (unpaired) electrons. The average molecular weight is 495 g/mol. The minimum absolute atomic E-state index is 0.00930. The third kappa shape index (κ3) is 6.04. The highest BCUT2D eigenvalue weighted by atomic mass is 32.2. The third-order valence-corrected chi connectivity index (χ3v) is 5.68. The van der Waals surface area contributed by atoms with Crippen LogP contribution in [0.15, 0.2) is 52.5 Å². The number of rotatable bonds is 9. The molecule has 0 spiro atoms. The maximum atomic E-state index is 13.0. The summed E-state index contributed by atoms with van der Waals surface area (Å²) in [7, 11) is 1.52. The number of hydrogen-bond donors (Lipinski definition) is 1. The van der Waals surface area contributed by atoms with Crippen molar-refractivity contribution in [2.24, 2.45) is 0 Å². The fourth-order valence-corrected chi connectivity index (χ4v) is 4.01. The van der Waals surface area contributed by atoms with Crippen LogP contribution in [0.3, 0.4) is 0 Å². The third-order valence-electron chi connectivity index (χ3n) is 4.67. The van der Waals surface area contributed by atoms with E-state index in [9.17, 15) is 28.1 Å². The van der Waals surface area contributed by atoms with Crippen LogP contribution in [0.4, 0.5) is 18.9 Å². The number of methoxy groups -OCH3 is 1. The van der Waals surface area contributed by atoms with Crippen LogP contribution in [0.25, 0.3) is 5.69 Å². The fourth-order valence-electron chi connectivity index (χ4n) is 3.05. The van der Waals surface area contributed by atoms with Crippen molar-refractivity contribution in [3.8, 4) is 11.4 Å². The first-order valence-corrected chi connectivity index (χ1v) is 10.8. The highest BCUT2D eigenvalue weighted by Gasteiger charge is 2.33. The molecule has 13 heteroatoms. The minimum Gasteiger partial charge on any atom is -0.497 e. The van der Waals surface area contributed by atoms with Gasteiger partial charge in [0.05, 0.1) is 22.5 Å². The van der Waals surface area contributed by atoms with E-state index < -0.39 is 22.4 Å². The van der Waals surface area contributed by atoms with Crippen LogP contribution in [-0.4, -0.2) is 39.2 Å². The number of carbonyl (C=O) groups is 1. The SMILES string of the molecule is COc1ccc(-n2c(CCCNC(C)=O)nnc2Sc2ccc(C(F)(F)F)cc2[N+](=O)[O-])cc1. The van der Waals surface area contributed by atoms with Gasteiger partial charge in [0.1, 0.15) is 11.6 Å². The highest BCUT2D eigenvalue weighted by molar-refractivity contribution is 7.99. The lowest BCUT2D eigenvalue weighted by Crippen LogP contribution is -2.21. The van der Waals surface area contributed by atoms with Gasteiger partial charge < -0.3 is 10.1 Å². The Morgan fingerprint density at radius 3 is 2.50 bits per heavy atom. The van der Waals surface area contributed by atoms with E-state index in [1.165, 1.54) is 14.0 Å². The molecule has 0 fully saturated rings. The second-order valence-electron chi connectivity index (χ2n) is 7.06. The van der Waals surface area contributed by atoms with Crippen LogP contribution < -0.4 is 10.1 Å². The number of aryl methyl sites for hydroxylation is 1. The van der Waals surface area contributed by atoms with Crippen molar-refractivity contribution in [1.29, 1.82) is 0 Å². The summed E-state index contributed by atoms with van der Waals surface area (Å²) in [4.78, 5) is 21.7. The van der Waals surface area contributed by atoms with Crippen LogP contribution in [0, 0.1) is 10.1 Å². The van der Waals surface area contributed by atoms with Gasteiger partial charge >= 0.3 is 6.18 Å². The second kappa shape index (κ2) is 10.5. The van der Waals surface area contributed by atoms with E-state index in [0.29, 0.717) is 42.7 Å². The van der Waals surface area contributed by atoms with Gasteiger partial charge in [0.25, 0.3) is 5.69 Å². The van der Waals surface area contributed by atoms with Crippen molar-refractivity contribution in [2.75, 3.05) is 13.7 Å². The molecule has 0 aliphatic rings. The molecule has 3 rings (SSSR count). The first-order valence-electron chi connectivity index (χ1n) is 9.96. The number of nitro benzene ring substituents is 1. The summed E-state index contributed by atoms with van der Waals surface area (Å²) in [6.45, 7) is 1.82. The number of nitrogens with one attached hydrogen (secondary N) is 1. The van der Waals surface area contributed by atoms with E-state index in [-0.39, 0.29) is 16.0 Å². The number of nitro groups is 1. The summed E-state index contributed by atoms with van der Waals surface area (Å²) < 4.78 is 46.0. The van der Waals surface area contributed by atoms with E-state index >= 15 is 0 Å². The monoisotopic (exact) mass is 495 g/mol. The molecule has 0 saturated heterocycles. The molecular formula is C21H20F3N5O4S. The van der Waals surface area contributed by atoms with Gasteiger partial charge in [-0.3, -0.25) is 19.5 Å². The molecule has 0 saturated carbocycles. The van der Waals surface area contributed by atoms with Crippen LogP contribution >= 0.6 is 11.8 Å². The van der Waals surface area contributed by atoms with Crippen molar-refractivity contribution < 1.29 is 27.6 Å². The van der Waals surface area contributed by atoms with Crippen molar-refractivity contribution in [3.63, 3.8) is 0 Å². The Morgan fingerprint density at radius 1 is 1.21 bits per heavy atom. The normalized spacial score (nSPS) is 11.3. The van der Waals surface area contributed by atoms with Gasteiger partial charge in [0.2, 0.25) is 11.1 Å². The number of halogens is 3. The number of carbonyl (C=O) groups excluding carboxylic acids is 1. The van der Waals surface area contributed by atoms with Gasteiger partial charge in [-0.15, -0.1) is 10.2 Å². The Morgan fingerprint density at radius 2 is 1.91 bits per heavy atom. The lowest BCUT2D eigenvalue weighted by atomic mass is 10.2. The van der Waals surface area contributed by atoms with E-state index in [0.717, 1.165) is 23.9 Å². The van der Waals surface area contributed by atoms with Gasteiger partial charge in [-0.25, -0.2) is 0 Å². The first kappa shape index (κ1) is 25.0. The van der Waals surface area contributed by atoms with Crippen LogP contribution in [0.1, 0.15) is 24.7 Å². The number of nitrogens with zero attached hydrogens (tertiary/aromatic N) is 4. The summed E-state index contributed by atoms with van der Waals surface area (Å²) in [6, 6.07) is 9.25.